The number of unbranched alkanes of at least 4 members (excludes halogenated alkanes) is 9. The molecule has 1 aromatic carbocycles. The molecule has 1 aromatic heterocycles. The van der Waals surface area contributed by atoms with Gasteiger partial charge in [-0.15, -0.1) is 11.6 Å². The molecule has 0 aliphatic heterocycles. The Morgan fingerprint density at radius 2 is 1.31 bits per heavy atom. The first-order valence-electron chi connectivity index (χ1n) is 11.7. The molecule has 0 N–H and O–H groups in total. The molecule has 0 radical (unpaired) electrons. The summed E-state index contributed by atoms with van der Waals surface area (Å²) < 4.78 is 0. The van der Waals surface area contributed by atoms with E-state index in [1.54, 1.807) is 0 Å². The molecule has 2 rings (SSSR count). The molecule has 0 bridgehead atoms. The molecule has 0 saturated carbocycles. The highest BCUT2D eigenvalue weighted by molar-refractivity contribution is 6.17. The molecule has 0 unspecified atom stereocenters. The Bertz CT molecular complexity index is 638. The lowest BCUT2D eigenvalue weighted by Crippen LogP contribution is -1.92. The first-order chi connectivity index (χ1) is 14.2. The fourth-order valence-corrected chi connectivity index (χ4v) is 3.86. The number of benzene rings is 1. The zero-order valence-corrected chi connectivity index (χ0v) is 19.8. The number of aromatic nitrogens is 1. The highest BCUT2D eigenvalue weighted by Gasteiger charge is 2.00. The molecule has 2 heteroatoms. The molecule has 162 valence electrons. The van der Waals surface area contributed by atoms with Gasteiger partial charge in [0.05, 0.1) is 0 Å². The highest BCUT2D eigenvalue weighted by Crippen LogP contribution is 2.16. The number of aryl methyl sites for hydroxylation is 3. The molecule has 0 spiro atoms. The number of hydrogen-bond donors (Lipinski definition) is 0. The van der Waals surface area contributed by atoms with Crippen molar-refractivity contribution >= 4 is 11.6 Å². The molecule has 1 nitrogen and oxygen atoms in total. The predicted molar refractivity (Wildman–Crippen MR) is 130 cm³/mol. The van der Waals surface area contributed by atoms with Gasteiger partial charge in [-0.25, -0.2) is 0 Å². The van der Waals surface area contributed by atoms with Crippen molar-refractivity contribution in [2.75, 3.05) is 0 Å². The van der Waals surface area contributed by atoms with Crippen LogP contribution in [0, 0.1) is 6.92 Å². The number of rotatable bonds is 13. The summed E-state index contributed by atoms with van der Waals surface area (Å²) in [5.41, 5.74) is 5.44. The molecular weight excluding hydrogens is 374 g/mol. The lowest BCUT2D eigenvalue weighted by Gasteiger charge is -2.06. The van der Waals surface area contributed by atoms with E-state index in [1.807, 2.05) is 18.5 Å². The summed E-state index contributed by atoms with van der Waals surface area (Å²) in [6, 6.07) is 10.6. The maximum Gasteiger partial charge on any atom is 0.0476 e. The molecule has 29 heavy (non-hydrogen) atoms. The van der Waals surface area contributed by atoms with Crippen molar-refractivity contribution in [1.29, 1.82) is 0 Å². The minimum absolute atomic E-state index is 0.647. The van der Waals surface area contributed by atoms with Crippen molar-refractivity contribution in [2.24, 2.45) is 0 Å². The Labute approximate surface area is 185 Å². The fourth-order valence-electron chi connectivity index (χ4n) is 3.60. The Balaban J connectivity index is 0.000000387. The van der Waals surface area contributed by atoms with Gasteiger partial charge in [0.1, 0.15) is 0 Å². The van der Waals surface area contributed by atoms with Gasteiger partial charge in [-0.2, -0.15) is 0 Å². The topological polar surface area (TPSA) is 12.9 Å². The minimum Gasteiger partial charge on any atom is -0.264 e. The van der Waals surface area contributed by atoms with Crippen LogP contribution >= 0.6 is 11.6 Å². The van der Waals surface area contributed by atoms with Crippen LogP contribution in [0.15, 0.2) is 42.7 Å². The molecule has 0 aliphatic rings. The van der Waals surface area contributed by atoms with E-state index in [1.165, 1.54) is 92.9 Å². The van der Waals surface area contributed by atoms with Crippen molar-refractivity contribution in [3.05, 3.63) is 65.0 Å². The SMILES string of the molecule is CCCCCCCCCCCCc1ccccc1CCl.CCc1cnccc1C. The molecular formula is C27H42ClN. The molecule has 0 amide bonds. The van der Waals surface area contributed by atoms with Crippen LogP contribution in [0.2, 0.25) is 0 Å². The lowest BCUT2D eigenvalue weighted by molar-refractivity contribution is 0.556. The second-order valence-corrected chi connectivity index (χ2v) is 8.26. The number of halogens is 1. The van der Waals surface area contributed by atoms with Crippen molar-refractivity contribution in [3.8, 4) is 0 Å². The maximum absolute atomic E-state index is 5.97. The summed E-state index contributed by atoms with van der Waals surface area (Å²) in [4.78, 5) is 4.02. The van der Waals surface area contributed by atoms with Crippen molar-refractivity contribution in [2.45, 2.75) is 104 Å². The quantitative estimate of drug-likeness (QED) is 0.235. The summed E-state index contributed by atoms with van der Waals surface area (Å²) in [5, 5.41) is 0. The largest absolute Gasteiger partial charge is 0.264 e. The number of nitrogens with zero attached hydrogens (tertiary/aromatic N) is 1. The Morgan fingerprint density at radius 3 is 1.83 bits per heavy atom. The first kappa shape index (κ1) is 25.7. The second kappa shape index (κ2) is 17.5. The zero-order chi connectivity index (χ0) is 21.2. The van der Waals surface area contributed by atoms with Crippen molar-refractivity contribution < 1.29 is 0 Å². The fraction of sp³-hybridized carbons (Fsp3) is 0.593. The molecule has 1 heterocycles. The van der Waals surface area contributed by atoms with E-state index >= 15 is 0 Å². The third-order valence-corrected chi connectivity index (χ3v) is 5.88. The second-order valence-electron chi connectivity index (χ2n) is 7.99. The van der Waals surface area contributed by atoms with E-state index in [0.29, 0.717) is 5.88 Å². The van der Waals surface area contributed by atoms with Gasteiger partial charge in [-0.1, -0.05) is 95.9 Å². The molecule has 0 aliphatic carbocycles. The predicted octanol–water partition coefficient (Wildman–Crippen LogP) is 8.84. The summed E-state index contributed by atoms with van der Waals surface area (Å²) in [6.45, 7) is 6.53. The number of pyridine rings is 1. The van der Waals surface area contributed by atoms with Crippen LogP contribution in [0.5, 0.6) is 0 Å². The van der Waals surface area contributed by atoms with Gasteiger partial charge in [0.25, 0.3) is 0 Å². The van der Waals surface area contributed by atoms with Gasteiger partial charge in [-0.3, -0.25) is 4.98 Å². The smallest absolute Gasteiger partial charge is 0.0476 e. The first-order valence-corrected chi connectivity index (χ1v) is 12.3. The van der Waals surface area contributed by atoms with Crippen molar-refractivity contribution in [3.63, 3.8) is 0 Å². The molecule has 0 saturated heterocycles. The Kier molecular flexibility index (Phi) is 15.5. The standard InChI is InChI=1S/C19H31Cl.C8H11N/c1-2-3-4-5-6-7-8-9-10-11-14-18-15-12-13-16-19(18)17-20;1-3-8-6-9-5-4-7(8)2/h12-13,15-16H,2-11,14,17H2,1H3;4-6H,3H2,1-2H3. The Hall–Kier alpha value is -1.34. The summed E-state index contributed by atoms with van der Waals surface area (Å²) >= 11 is 5.97. The van der Waals surface area contributed by atoms with Crippen LogP contribution < -0.4 is 0 Å². The minimum atomic E-state index is 0.647. The average molecular weight is 416 g/mol. The average Bonchev–Trinajstić information content (AvgIpc) is 2.76. The summed E-state index contributed by atoms with van der Waals surface area (Å²) in [5.74, 6) is 0.647. The van der Waals surface area contributed by atoms with E-state index in [0.717, 1.165) is 6.42 Å². The van der Waals surface area contributed by atoms with Gasteiger partial charge in [0.2, 0.25) is 0 Å². The van der Waals surface area contributed by atoms with Crippen LogP contribution in [0.4, 0.5) is 0 Å². The van der Waals surface area contributed by atoms with E-state index < -0.39 is 0 Å². The van der Waals surface area contributed by atoms with Crippen molar-refractivity contribution in [1.82, 2.24) is 4.98 Å². The van der Waals surface area contributed by atoms with Gasteiger partial charge in [0, 0.05) is 18.3 Å². The third-order valence-electron chi connectivity index (χ3n) is 5.59. The third kappa shape index (κ3) is 12.1. The zero-order valence-electron chi connectivity index (χ0n) is 19.1. The van der Waals surface area contributed by atoms with E-state index in [2.05, 4.69) is 50.0 Å². The van der Waals surface area contributed by atoms with E-state index in [-0.39, 0.29) is 0 Å². The lowest BCUT2D eigenvalue weighted by atomic mass is 10.0. The van der Waals surface area contributed by atoms with Crippen LogP contribution in [0.25, 0.3) is 0 Å². The van der Waals surface area contributed by atoms with Gasteiger partial charge in [-0.05, 0) is 54.5 Å². The summed E-state index contributed by atoms with van der Waals surface area (Å²) in [7, 11) is 0. The highest BCUT2D eigenvalue weighted by atomic mass is 35.5. The molecule has 0 atom stereocenters. The maximum atomic E-state index is 5.97. The van der Waals surface area contributed by atoms with E-state index in [9.17, 15) is 0 Å². The summed E-state index contributed by atoms with van der Waals surface area (Å²) in [6.07, 6.45) is 20.0. The van der Waals surface area contributed by atoms with E-state index in [4.69, 9.17) is 11.6 Å². The van der Waals surface area contributed by atoms with Gasteiger partial charge >= 0.3 is 0 Å². The molecule has 0 fully saturated rings. The van der Waals surface area contributed by atoms with Crippen LogP contribution in [0.1, 0.15) is 100 Å². The van der Waals surface area contributed by atoms with Crippen LogP contribution in [0.3, 0.4) is 0 Å². The monoisotopic (exact) mass is 415 g/mol. The number of hydrogen-bond acceptors (Lipinski definition) is 1. The van der Waals surface area contributed by atoms with Gasteiger partial charge in [0.15, 0.2) is 0 Å². The van der Waals surface area contributed by atoms with Crippen LogP contribution in [-0.4, -0.2) is 4.98 Å². The van der Waals surface area contributed by atoms with Crippen LogP contribution in [-0.2, 0) is 18.7 Å². The normalized spacial score (nSPS) is 10.5. The molecule has 2 aromatic rings. The van der Waals surface area contributed by atoms with Gasteiger partial charge < -0.3 is 0 Å². The Morgan fingerprint density at radius 1 is 0.724 bits per heavy atom. The number of alkyl halides is 1.